The van der Waals surface area contributed by atoms with E-state index in [1.807, 2.05) is 6.92 Å². The van der Waals surface area contributed by atoms with Crippen molar-refractivity contribution in [3.8, 4) is 0 Å². The molecule has 0 unspecified atom stereocenters. The van der Waals surface area contributed by atoms with Crippen LogP contribution in [0.4, 0.5) is 17.6 Å². The number of aromatic nitrogens is 1. The summed E-state index contributed by atoms with van der Waals surface area (Å²) in [6.45, 7) is 2.21. The number of nitrogens with zero attached hydrogens (tertiary/aromatic N) is 2. The Bertz CT molecular complexity index is 725. The Balaban J connectivity index is 2.01. The van der Waals surface area contributed by atoms with E-state index in [1.54, 1.807) is 6.20 Å². The average molecular weight is 360 g/mol. The van der Waals surface area contributed by atoms with Crippen molar-refractivity contribution in [2.45, 2.75) is 26.2 Å². The van der Waals surface area contributed by atoms with Crippen LogP contribution in [0.3, 0.4) is 0 Å². The summed E-state index contributed by atoms with van der Waals surface area (Å²) in [6, 6.07) is 2.61. The molecule has 0 atom stereocenters. The number of benzene rings is 1. The van der Waals surface area contributed by atoms with Crippen molar-refractivity contribution in [2.75, 3.05) is 7.05 Å². The average Bonchev–Trinajstić information content (AvgIpc) is 2.93. The fraction of sp³-hybridized carbons (Fsp3) is 0.333. The minimum Gasteiger partial charge on any atom is -0.352 e. The normalized spacial score (nSPS) is 12.3. The van der Waals surface area contributed by atoms with Gasteiger partial charge >= 0.3 is 6.18 Å². The maximum Gasteiger partial charge on any atom is 0.416 e. The van der Waals surface area contributed by atoms with Gasteiger partial charge in [-0.3, -0.25) is 4.99 Å². The SMILES string of the molecule is CN=C(NCc1ncc(C)s1)NCc1ccc(F)cc1C(F)(F)F. The Hall–Kier alpha value is -2.16. The van der Waals surface area contributed by atoms with Crippen molar-refractivity contribution >= 4 is 17.3 Å². The lowest BCUT2D eigenvalue weighted by Gasteiger charge is -2.15. The number of thiazole rings is 1. The van der Waals surface area contributed by atoms with Crippen LogP contribution in [-0.4, -0.2) is 18.0 Å². The molecule has 1 aromatic carbocycles. The lowest BCUT2D eigenvalue weighted by atomic mass is 10.1. The quantitative estimate of drug-likeness (QED) is 0.499. The van der Waals surface area contributed by atoms with Gasteiger partial charge in [-0.05, 0) is 24.6 Å². The first-order valence-corrected chi connectivity index (χ1v) is 7.82. The lowest BCUT2D eigenvalue weighted by molar-refractivity contribution is -0.138. The summed E-state index contributed by atoms with van der Waals surface area (Å²) in [6.07, 6.45) is -2.87. The molecule has 0 saturated heterocycles. The van der Waals surface area contributed by atoms with Crippen LogP contribution >= 0.6 is 11.3 Å². The highest BCUT2D eigenvalue weighted by Crippen LogP contribution is 2.32. The van der Waals surface area contributed by atoms with Gasteiger partial charge in [0, 0.05) is 24.7 Å². The fourth-order valence-electron chi connectivity index (χ4n) is 2.01. The third-order valence-electron chi connectivity index (χ3n) is 3.12. The standard InChI is InChI=1S/C15H16F4N4S/c1-9-6-21-13(24-9)8-23-14(20-2)22-7-10-3-4-11(16)5-12(10)15(17,18)19/h3-6H,7-8H2,1-2H3,(H2,20,22,23). The molecular formula is C15H16F4N4S. The highest BCUT2D eigenvalue weighted by Gasteiger charge is 2.33. The van der Waals surface area contributed by atoms with Gasteiger partial charge in [0.25, 0.3) is 0 Å². The molecule has 0 fully saturated rings. The van der Waals surface area contributed by atoms with Crippen LogP contribution in [0, 0.1) is 12.7 Å². The van der Waals surface area contributed by atoms with Gasteiger partial charge in [0.05, 0.1) is 12.1 Å². The lowest BCUT2D eigenvalue weighted by Crippen LogP contribution is -2.36. The van der Waals surface area contributed by atoms with Gasteiger partial charge in [0.2, 0.25) is 0 Å². The minimum absolute atomic E-state index is 0.0584. The molecule has 1 heterocycles. The number of alkyl halides is 3. The Morgan fingerprint density at radius 1 is 1.25 bits per heavy atom. The summed E-state index contributed by atoms with van der Waals surface area (Å²) in [7, 11) is 1.51. The zero-order chi connectivity index (χ0) is 17.7. The van der Waals surface area contributed by atoms with E-state index in [-0.39, 0.29) is 12.1 Å². The highest BCUT2D eigenvalue weighted by molar-refractivity contribution is 7.11. The number of halogens is 4. The number of aliphatic imine (C=N–C) groups is 1. The van der Waals surface area contributed by atoms with Crippen LogP contribution in [0.2, 0.25) is 0 Å². The first-order chi connectivity index (χ1) is 11.3. The Labute approximate surface area is 140 Å². The van der Waals surface area contributed by atoms with Crippen molar-refractivity contribution in [2.24, 2.45) is 4.99 Å². The molecule has 0 aliphatic carbocycles. The van der Waals surface area contributed by atoms with Gasteiger partial charge in [-0.2, -0.15) is 13.2 Å². The van der Waals surface area contributed by atoms with E-state index in [0.717, 1.165) is 22.0 Å². The minimum atomic E-state index is -4.62. The third-order valence-corrected chi connectivity index (χ3v) is 4.04. The number of hydrogen-bond acceptors (Lipinski definition) is 3. The number of guanidine groups is 1. The van der Waals surface area contributed by atoms with Crippen molar-refractivity contribution in [3.05, 3.63) is 51.2 Å². The van der Waals surface area contributed by atoms with E-state index < -0.39 is 17.6 Å². The summed E-state index contributed by atoms with van der Waals surface area (Å²) in [4.78, 5) is 9.20. The third kappa shape index (κ3) is 4.92. The van der Waals surface area contributed by atoms with Crippen LogP contribution in [-0.2, 0) is 19.3 Å². The molecule has 0 saturated carbocycles. The zero-order valence-electron chi connectivity index (χ0n) is 13.0. The van der Waals surface area contributed by atoms with E-state index in [0.29, 0.717) is 18.6 Å². The van der Waals surface area contributed by atoms with E-state index >= 15 is 0 Å². The van der Waals surface area contributed by atoms with Crippen molar-refractivity contribution in [1.82, 2.24) is 15.6 Å². The van der Waals surface area contributed by atoms with Crippen molar-refractivity contribution in [1.29, 1.82) is 0 Å². The number of nitrogens with one attached hydrogen (secondary N) is 2. The zero-order valence-corrected chi connectivity index (χ0v) is 13.9. The summed E-state index contributed by atoms with van der Waals surface area (Å²) >= 11 is 1.52. The van der Waals surface area contributed by atoms with Crippen molar-refractivity contribution < 1.29 is 17.6 Å². The van der Waals surface area contributed by atoms with E-state index in [4.69, 9.17) is 0 Å². The van der Waals surface area contributed by atoms with Crippen LogP contribution < -0.4 is 10.6 Å². The van der Waals surface area contributed by atoms with E-state index in [1.165, 1.54) is 18.4 Å². The van der Waals surface area contributed by atoms with Gasteiger partial charge in [-0.25, -0.2) is 9.37 Å². The second-order valence-electron chi connectivity index (χ2n) is 4.94. The van der Waals surface area contributed by atoms with Gasteiger partial charge in [0.1, 0.15) is 10.8 Å². The summed E-state index contributed by atoms with van der Waals surface area (Å²) in [5.41, 5.74) is -1.06. The molecule has 0 aliphatic heterocycles. The Kier molecular flexibility index (Phi) is 5.76. The molecule has 24 heavy (non-hydrogen) atoms. The molecule has 0 aliphatic rings. The summed E-state index contributed by atoms with van der Waals surface area (Å²) < 4.78 is 52.0. The predicted molar refractivity (Wildman–Crippen MR) is 85.3 cm³/mol. The highest BCUT2D eigenvalue weighted by atomic mass is 32.1. The van der Waals surface area contributed by atoms with E-state index in [2.05, 4.69) is 20.6 Å². The van der Waals surface area contributed by atoms with Gasteiger partial charge in [0.15, 0.2) is 5.96 Å². The molecule has 1 aromatic heterocycles. The van der Waals surface area contributed by atoms with Crippen molar-refractivity contribution in [3.63, 3.8) is 0 Å². The van der Waals surface area contributed by atoms with Crippen LogP contribution in [0.5, 0.6) is 0 Å². The predicted octanol–water partition coefficient (Wildman–Crippen LogP) is 3.47. The monoisotopic (exact) mass is 360 g/mol. The van der Waals surface area contributed by atoms with Gasteiger partial charge < -0.3 is 10.6 Å². The second-order valence-corrected chi connectivity index (χ2v) is 6.26. The number of aryl methyl sites for hydroxylation is 1. The number of hydrogen-bond donors (Lipinski definition) is 2. The fourth-order valence-corrected chi connectivity index (χ4v) is 2.74. The summed E-state index contributed by atoms with van der Waals surface area (Å²) in [5.74, 6) is -0.590. The molecule has 2 rings (SSSR count). The van der Waals surface area contributed by atoms with E-state index in [9.17, 15) is 17.6 Å². The smallest absolute Gasteiger partial charge is 0.352 e. The Morgan fingerprint density at radius 2 is 1.96 bits per heavy atom. The molecule has 0 radical (unpaired) electrons. The van der Waals surface area contributed by atoms with Gasteiger partial charge in [-0.1, -0.05) is 6.07 Å². The molecule has 0 amide bonds. The maximum absolute atomic E-state index is 13.1. The molecule has 2 aromatic rings. The Morgan fingerprint density at radius 3 is 2.54 bits per heavy atom. The van der Waals surface area contributed by atoms with Gasteiger partial charge in [-0.15, -0.1) is 11.3 Å². The maximum atomic E-state index is 13.1. The molecular weight excluding hydrogens is 344 g/mol. The van der Waals surface area contributed by atoms with Crippen LogP contribution in [0.15, 0.2) is 29.4 Å². The molecule has 4 nitrogen and oxygen atoms in total. The van der Waals surface area contributed by atoms with Crippen LogP contribution in [0.25, 0.3) is 0 Å². The molecule has 130 valence electrons. The molecule has 0 spiro atoms. The first-order valence-electron chi connectivity index (χ1n) is 7.01. The van der Waals surface area contributed by atoms with Crippen LogP contribution in [0.1, 0.15) is 21.0 Å². The largest absolute Gasteiger partial charge is 0.416 e. The number of rotatable bonds is 4. The second kappa shape index (κ2) is 7.61. The topological polar surface area (TPSA) is 49.3 Å². The molecule has 0 bridgehead atoms. The summed E-state index contributed by atoms with van der Waals surface area (Å²) in [5, 5.41) is 6.60. The first kappa shape index (κ1) is 18.2. The molecule has 2 N–H and O–H groups in total. The molecule has 9 heteroatoms.